The highest BCUT2D eigenvalue weighted by Crippen LogP contribution is 2.28. The van der Waals surface area contributed by atoms with Crippen molar-refractivity contribution in [2.45, 2.75) is 46.1 Å². The van der Waals surface area contributed by atoms with E-state index in [1.165, 1.54) is 0 Å². The van der Waals surface area contributed by atoms with Crippen LogP contribution >= 0.6 is 0 Å². The zero-order valence-corrected chi connectivity index (χ0v) is 12.7. The molecule has 0 aromatic carbocycles. The summed E-state index contributed by atoms with van der Waals surface area (Å²) in [5, 5.41) is 3.19. The predicted octanol–water partition coefficient (Wildman–Crippen LogP) is 3.16. The second kappa shape index (κ2) is 6.73. The number of amides is 1. The molecule has 1 N–H and O–H groups in total. The van der Waals surface area contributed by atoms with Gasteiger partial charge in [0.25, 0.3) is 5.91 Å². The summed E-state index contributed by atoms with van der Waals surface area (Å²) in [6, 6.07) is 4.19. The van der Waals surface area contributed by atoms with Crippen molar-refractivity contribution in [3.05, 3.63) is 24.0 Å². The highest BCUT2D eigenvalue weighted by atomic mass is 16.2. The number of anilines is 1. The largest absolute Gasteiger partial charge is 0.384 e. The Hall–Kier alpha value is -1.58. The fraction of sp³-hybridized carbons (Fsp3) is 0.625. The van der Waals surface area contributed by atoms with E-state index in [-0.39, 0.29) is 5.91 Å². The van der Waals surface area contributed by atoms with Gasteiger partial charge in [-0.1, -0.05) is 13.8 Å². The maximum Gasteiger partial charge on any atom is 0.272 e. The van der Waals surface area contributed by atoms with Crippen LogP contribution in [0.2, 0.25) is 0 Å². The van der Waals surface area contributed by atoms with Crippen LogP contribution in [0, 0.1) is 5.92 Å². The van der Waals surface area contributed by atoms with Crippen molar-refractivity contribution in [2.75, 3.05) is 18.4 Å². The quantitative estimate of drug-likeness (QED) is 0.831. The molecule has 1 aromatic rings. The molecule has 0 spiro atoms. The molecule has 0 bridgehead atoms. The first-order valence-electron chi connectivity index (χ1n) is 7.62. The minimum absolute atomic E-state index is 0.0798. The third-order valence-corrected chi connectivity index (χ3v) is 3.56. The first-order valence-corrected chi connectivity index (χ1v) is 7.62. The van der Waals surface area contributed by atoms with Gasteiger partial charge >= 0.3 is 0 Å². The molecule has 1 aliphatic carbocycles. The summed E-state index contributed by atoms with van der Waals surface area (Å²) in [7, 11) is 0. The van der Waals surface area contributed by atoms with Crippen molar-refractivity contribution in [3.8, 4) is 0 Å². The minimum Gasteiger partial charge on any atom is -0.384 e. The summed E-state index contributed by atoms with van der Waals surface area (Å²) >= 11 is 0. The van der Waals surface area contributed by atoms with Crippen LogP contribution in [0.25, 0.3) is 0 Å². The number of nitrogens with zero attached hydrogens (tertiary/aromatic N) is 2. The third kappa shape index (κ3) is 3.95. The normalized spacial score (nSPS) is 14.4. The lowest BCUT2D eigenvalue weighted by Crippen LogP contribution is -2.35. The van der Waals surface area contributed by atoms with Crippen LogP contribution in [0.3, 0.4) is 0 Å². The Kier molecular flexibility index (Phi) is 4.99. The molecule has 4 nitrogen and oxygen atoms in total. The van der Waals surface area contributed by atoms with Crippen molar-refractivity contribution >= 4 is 11.6 Å². The van der Waals surface area contributed by atoms with E-state index in [4.69, 9.17) is 0 Å². The maximum atomic E-state index is 12.6. The van der Waals surface area contributed by atoms with Gasteiger partial charge in [-0.3, -0.25) is 4.79 Å². The molecule has 0 saturated heterocycles. The molecule has 0 atom stereocenters. The molecule has 0 radical (unpaired) electrons. The average Bonchev–Trinajstić information content (AvgIpc) is 3.24. The molecule has 1 aromatic heterocycles. The first-order chi connectivity index (χ1) is 9.61. The van der Waals surface area contributed by atoms with Crippen LogP contribution in [0.1, 0.15) is 50.5 Å². The Balaban J connectivity index is 2.02. The van der Waals surface area contributed by atoms with Gasteiger partial charge in [0.15, 0.2) is 0 Å². The summed E-state index contributed by atoms with van der Waals surface area (Å²) in [6.07, 6.45) is 5.07. The number of aromatic nitrogens is 1. The van der Waals surface area contributed by atoms with Gasteiger partial charge in [-0.25, -0.2) is 4.98 Å². The van der Waals surface area contributed by atoms with E-state index in [9.17, 15) is 4.79 Å². The van der Waals surface area contributed by atoms with Crippen molar-refractivity contribution < 1.29 is 4.79 Å². The summed E-state index contributed by atoms with van der Waals surface area (Å²) in [5.74, 6) is 0.698. The SMILES string of the molecule is CCNc1ccc(C(=O)N(CCC(C)C)C2CC2)nc1. The Morgan fingerprint density at radius 2 is 2.20 bits per heavy atom. The van der Waals surface area contributed by atoms with E-state index in [2.05, 4.69) is 24.1 Å². The first kappa shape index (κ1) is 14.8. The highest BCUT2D eigenvalue weighted by Gasteiger charge is 2.33. The van der Waals surface area contributed by atoms with Crippen molar-refractivity contribution in [3.63, 3.8) is 0 Å². The second-order valence-corrected chi connectivity index (χ2v) is 5.87. The van der Waals surface area contributed by atoms with E-state index in [0.717, 1.165) is 38.0 Å². The van der Waals surface area contributed by atoms with Crippen LogP contribution in [-0.2, 0) is 0 Å². The van der Waals surface area contributed by atoms with Crippen LogP contribution in [0.4, 0.5) is 5.69 Å². The van der Waals surface area contributed by atoms with Crippen LogP contribution in [-0.4, -0.2) is 34.9 Å². The average molecular weight is 275 g/mol. The summed E-state index contributed by atoms with van der Waals surface area (Å²) in [6.45, 7) is 8.13. The van der Waals surface area contributed by atoms with Gasteiger partial charge in [0.1, 0.15) is 5.69 Å². The summed E-state index contributed by atoms with van der Waals surface area (Å²) < 4.78 is 0. The lowest BCUT2D eigenvalue weighted by atomic mass is 10.1. The Morgan fingerprint density at radius 3 is 2.70 bits per heavy atom. The van der Waals surface area contributed by atoms with Gasteiger partial charge in [-0.05, 0) is 44.2 Å². The molecule has 110 valence electrons. The number of pyridine rings is 1. The highest BCUT2D eigenvalue weighted by molar-refractivity contribution is 5.93. The van der Waals surface area contributed by atoms with E-state index < -0.39 is 0 Å². The number of carbonyl (C=O) groups excluding carboxylic acids is 1. The van der Waals surface area contributed by atoms with Gasteiger partial charge in [0.05, 0.1) is 11.9 Å². The number of hydrogen-bond donors (Lipinski definition) is 1. The Labute approximate surface area is 121 Å². The topological polar surface area (TPSA) is 45.2 Å². The van der Waals surface area contributed by atoms with Crippen LogP contribution in [0.5, 0.6) is 0 Å². The number of hydrogen-bond acceptors (Lipinski definition) is 3. The number of nitrogens with one attached hydrogen (secondary N) is 1. The molecular formula is C16H25N3O. The van der Waals surface area contributed by atoms with Crippen LogP contribution in [0.15, 0.2) is 18.3 Å². The molecule has 1 saturated carbocycles. The number of carbonyl (C=O) groups is 1. The van der Waals surface area contributed by atoms with Gasteiger partial charge in [-0.15, -0.1) is 0 Å². The van der Waals surface area contributed by atoms with Crippen molar-refractivity contribution in [2.24, 2.45) is 5.92 Å². The molecule has 0 aliphatic heterocycles. The van der Waals surface area contributed by atoms with Crippen molar-refractivity contribution in [1.82, 2.24) is 9.88 Å². The minimum atomic E-state index is 0.0798. The molecular weight excluding hydrogens is 250 g/mol. The zero-order chi connectivity index (χ0) is 14.5. The monoisotopic (exact) mass is 275 g/mol. The molecule has 1 amide bonds. The Bertz CT molecular complexity index is 438. The molecule has 20 heavy (non-hydrogen) atoms. The van der Waals surface area contributed by atoms with E-state index in [1.54, 1.807) is 6.20 Å². The van der Waals surface area contributed by atoms with Gasteiger partial charge < -0.3 is 10.2 Å². The Morgan fingerprint density at radius 1 is 1.45 bits per heavy atom. The molecule has 1 fully saturated rings. The van der Waals surface area contributed by atoms with Gasteiger partial charge in [0.2, 0.25) is 0 Å². The van der Waals surface area contributed by atoms with Crippen molar-refractivity contribution in [1.29, 1.82) is 0 Å². The second-order valence-electron chi connectivity index (χ2n) is 5.87. The fourth-order valence-electron chi connectivity index (χ4n) is 2.21. The van der Waals surface area contributed by atoms with E-state index in [0.29, 0.717) is 17.7 Å². The maximum absolute atomic E-state index is 12.6. The number of rotatable bonds is 7. The molecule has 2 rings (SSSR count). The lowest BCUT2D eigenvalue weighted by molar-refractivity contribution is 0.0729. The van der Waals surface area contributed by atoms with Crippen LogP contribution < -0.4 is 5.32 Å². The third-order valence-electron chi connectivity index (χ3n) is 3.56. The smallest absolute Gasteiger partial charge is 0.272 e. The molecule has 1 heterocycles. The van der Waals surface area contributed by atoms with E-state index in [1.807, 2.05) is 24.0 Å². The summed E-state index contributed by atoms with van der Waals surface area (Å²) in [5.41, 5.74) is 1.52. The standard InChI is InChI=1S/C16H25N3O/c1-4-17-13-5-8-15(18-11-13)16(20)19(14-6-7-14)10-9-12(2)3/h5,8,11-12,14,17H,4,6-7,9-10H2,1-3H3. The lowest BCUT2D eigenvalue weighted by Gasteiger charge is -2.23. The zero-order valence-electron chi connectivity index (χ0n) is 12.7. The predicted molar refractivity (Wildman–Crippen MR) is 81.9 cm³/mol. The fourth-order valence-corrected chi connectivity index (χ4v) is 2.21. The molecule has 0 unspecified atom stereocenters. The molecule has 4 heteroatoms. The van der Waals surface area contributed by atoms with Gasteiger partial charge in [-0.2, -0.15) is 0 Å². The van der Waals surface area contributed by atoms with E-state index >= 15 is 0 Å². The molecule has 1 aliphatic rings. The summed E-state index contributed by atoms with van der Waals surface area (Å²) in [4.78, 5) is 18.9. The van der Waals surface area contributed by atoms with Gasteiger partial charge in [0, 0.05) is 19.1 Å².